The van der Waals surface area contributed by atoms with Gasteiger partial charge in [-0.2, -0.15) is 0 Å². The zero-order valence-electron chi connectivity index (χ0n) is 16.1. The second-order valence-electron chi connectivity index (χ2n) is 6.58. The fraction of sp³-hybridized carbons (Fsp3) is 0.0400. The van der Waals surface area contributed by atoms with Gasteiger partial charge in [-0.25, -0.2) is 0 Å². The summed E-state index contributed by atoms with van der Waals surface area (Å²) in [6.45, 7) is 0.369. The van der Waals surface area contributed by atoms with Crippen molar-refractivity contribution in [1.82, 2.24) is 5.32 Å². The summed E-state index contributed by atoms with van der Waals surface area (Å²) in [5.74, 6) is 1.23. The molecule has 3 aromatic carbocycles. The van der Waals surface area contributed by atoms with Crippen LogP contribution in [0.4, 0.5) is 0 Å². The summed E-state index contributed by atoms with van der Waals surface area (Å²) in [6, 6.07) is 29.3. The minimum absolute atomic E-state index is 0.00724. The molecule has 4 aromatic rings. The Hall–Kier alpha value is -3.70. The first-order chi connectivity index (χ1) is 14.7. The molecule has 0 radical (unpaired) electrons. The molecule has 4 nitrogen and oxygen atoms in total. The zero-order chi connectivity index (χ0) is 20.8. The number of hydrogen-bond acceptors (Lipinski definition) is 4. The van der Waals surface area contributed by atoms with E-state index in [1.165, 1.54) is 11.3 Å². The molecule has 0 aliphatic heterocycles. The van der Waals surface area contributed by atoms with E-state index in [2.05, 4.69) is 5.32 Å². The number of ether oxygens (including phenoxy) is 1. The maximum Gasteiger partial charge on any atom is 0.251 e. The lowest BCUT2D eigenvalue weighted by atomic mass is 10.1. The van der Waals surface area contributed by atoms with Crippen molar-refractivity contribution in [3.63, 3.8) is 0 Å². The lowest BCUT2D eigenvalue weighted by Crippen LogP contribution is -2.22. The van der Waals surface area contributed by atoms with Gasteiger partial charge in [0.05, 0.1) is 11.4 Å². The minimum atomic E-state index is -0.175. The second kappa shape index (κ2) is 9.20. The Morgan fingerprint density at radius 3 is 2.03 bits per heavy atom. The third-order valence-electron chi connectivity index (χ3n) is 4.44. The van der Waals surface area contributed by atoms with Gasteiger partial charge in [-0.05, 0) is 48.5 Å². The summed E-state index contributed by atoms with van der Waals surface area (Å²) in [4.78, 5) is 26.5. The van der Waals surface area contributed by atoms with E-state index in [4.69, 9.17) is 4.74 Å². The molecule has 1 amide bonds. The highest BCUT2D eigenvalue weighted by Crippen LogP contribution is 2.22. The first kappa shape index (κ1) is 19.6. The van der Waals surface area contributed by atoms with Crippen molar-refractivity contribution in [3.05, 3.63) is 118 Å². The van der Waals surface area contributed by atoms with Crippen molar-refractivity contribution >= 4 is 23.0 Å². The molecule has 1 aromatic heterocycles. The molecule has 1 heterocycles. The van der Waals surface area contributed by atoms with Crippen LogP contribution in [-0.4, -0.2) is 11.7 Å². The molecular formula is C25H19NO3S. The number of carbonyl (C=O) groups excluding carboxylic acids is 2. The van der Waals surface area contributed by atoms with Crippen LogP contribution < -0.4 is 10.1 Å². The van der Waals surface area contributed by atoms with Crippen LogP contribution in [0.3, 0.4) is 0 Å². The average molecular weight is 413 g/mol. The Morgan fingerprint density at radius 2 is 1.33 bits per heavy atom. The largest absolute Gasteiger partial charge is 0.457 e. The Balaban J connectivity index is 1.34. The SMILES string of the molecule is O=C(NCc1ccc(C(=O)c2ccccc2)s1)c1ccc(Oc2ccccc2)cc1. The highest BCUT2D eigenvalue weighted by Gasteiger charge is 2.12. The van der Waals surface area contributed by atoms with Crippen LogP contribution in [0, 0.1) is 0 Å². The highest BCUT2D eigenvalue weighted by molar-refractivity contribution is 7.14. The molecule has 0 spiro atoms. The molecule has 0 saturated heterocycles. The fourth-order valence-electron chi connectivity index (χ4n) is 2.90. The molecule has 1 N–H and O–H groups in total. The van der Waals surface area contributed by atoms with Crippen LogP contribution in [0.5, 0.6) is 11.5 Å². The van der Waals surface area contributed by atoms with Gasteiger partial charge in [0.2, 0.25) is 5.78 Å². The smallest absolute Gasteiger partial charge is 0.251 e. The Kier molecular flexibility index (Phi) is 6.01. The summed E-state index contributed by atoms with van der Waals surface area (Å²) in [5, 5.41) is 2.90. The summed E-state index contributed by atoms with van der Waals surface area (Å²) in [5.41, 5.74) is 1.21. The summed E-state index contributed by atoms with van der Waals surface area (Å²) in [6.07, 6.45) is 0. The first-order valence-corrected chi connectivity index (χ1v) is 10.3. The quantitative estimate of drug-likeness (QED) is 0.395. The number of carbonyl (C=O) groups is 2. The van der Waals surface area contributed by atoms with Crippen LogP contribution >= 0.6 is 11.3 Å². The Bertz CT molecular complexity index is 1140. The van der Waals surface area contributed by atoms with E-state index in [-0.39, 0.29) is 11.7 Å². The van der Waals surface area contributed by atoms with Gasteiger partial charge < -0.3 is 10.1 Å². The molecule has 30 heavy (non-hydrogen) atoms. The van der Waals surface area contributed by atoms with Gasteiger partial charge in [-0.1, -0.05) is 48.5 Å². The molecule has 5 heteroatoms. The van der Waals surface area contributed by atoms with Crippen molar-refractivity contribution in [1.29, 1.82) is 0 Å². The van der Waals surface area contributed by atoms with Crippen molar-refractivity contribution in [3.8, 4) is 11.5 Å². The third-order valence-corrected chi connectivity index (χ3v) is 5.52. The normalized spacial score (nSPS) is 10.4. The number of benzene rings is 3. The van der Waals surface area contributed by atoms with E-state index >= 15 is 0 Å². The van der Waals surface area contributed by atoms with Crippen LogP contribution in [0.2, 0.25) is 0 Å². The number of amides is 1. The van der Waals surface area contributed by atoms with Crippen LogP contribution in [0.15, 0.2) is 97.1 Å². The van der Waals surface area contributed by atoms with Crippen LogP contribution in [0.1, 0.15) is 30.5 Å². The summed E-state index contributed by atoms with van der Waals surface area (Å²) < 4.78 is 5.74. The number of para-hydroxylation sites is 1. The number of rotatable bonds is 7. The van der Waals surface area contributed by atoms with Gasteiger partial charge in [0.1, 0.15) is 11.5 Å². The number of ketones is 1. The number of thiophene rings is 1. The van der Waals surface area contributed by atoms with Gasteiger partial charge in [0.25, 0.3) is 5.91 Å². The molecule has 0 bridgehead atoms. The maximum absolute atomic E-state index is 12.5. The van der Waals surface area contributed by atoms with Gasteiger partial charge >= 0.3 is 0 Å². The molecule has 0 aliphatic carbocycles. The van der Waals surface area contributed by atoms with Crippen molar-refractivity contribution in [2.24, 2.45) is 0 Å². The summed E-state index contributed by atoms with van der Waals surface area (Å²) in [7, 11) is 0. The van der Waals surface area contributed by atoms with Crippen molar-refractivity contribution in [2.45, 2.75) is 6.54 Å². The highest BCUT2D eigenvalue weighted by atomic mass is 32.1. The van der Waals surface area contributed by atoms with Crippen molar-refractivity contribution in [2.75, 3.05) is 0 Å². The van der Waals surface area contributed by atoms with E-state index in [9.17, 15) is 9.59 Å². The first-order valence-electron chi connectivity index (χ1n) is 9.49. The summed E-state index contributed by atoms with van der Waals surface area (Å²) >= 11 is 1.39. The van der Waals surface area contributed by atoms with E-state index in [1.807, 2.05) is 54.6 Å². The van der Waals surface area contributed by atoms with E-state index in [0.717, 1.165) is 10.6 Å². The fourth-order valence-corrected chi connectivity index (χ4v) is 3.80. The molecule has 0 atom stereocenters. The van der Waals surface area contributed by atoms with Gasteiger partial charge in [0, 0.05) is 16.0 Å². The second-order valence-corrected chi connectivity index (χ2v) is 7.75. The van der Waals surface area contributed by atoms with E-state index < -0.39 is 0 Å². The van der Waals surface area contributed by atoms with E-state index in [1.54, 1.807) is 42.5 Å². The number of hydrogen-bond donors (Lipinski definition) is 1. The molecule has 0 saturated carbocycles. The lowest BCUT2D eigenvalue weighted by molar-refractivity contribution is 0.0950. The molecule has 0 fully saturated rings. The van der Waals surface area contributed by atoms with Crippen molar-refractivity contribution < 1.29 is 14.3 Å². The Labute approximate surface area is 178 Å². The Morgan fingerprint density at radius 1 is 0.700 bits per heavy atom. The van der Waals surface area contributed by atoms with E-state index in [0.29, 0.717) is 28.3 Å². The molecule has 4 rings (SSSR count). The van der Waals surface area contributed by atoms with Gasteiger partial charge in [-0.3, -0.25) is 9.59 Å². The topological polar surface area (TPSA) is 55.4 Å². The predicted molar refractivity (Wildman–Crippen MR) is 118 cm³/mol. The number of nitrogens with one attached hydrogen (secondary N) is 1. The van der Waals surface area contributed by atoms with Gasteiger partial charge in [0.15, 0.2) is 0 Å². The van der Waals surface area contributed by atoms with Crippen LogP contribution in [0.25, 0.3) is 0 Å². The minimum Gasteiger partial charge on any atom is -0.457 e. The molecule has 148 valence electrons. The maximum atomic E-state index is 12.5. The zero-order valence-corrected chi connectivity index (χ0v) is 16.9. The average Bonchev–Trinajstić information content (AvgIpc) is 3.28. The van der Waals surface area contributed by atoms with Crippen LogP contribution in [-0.2, 0) is 6.54 Å². The predicted octanol–water partition coefficient (Wildman–Crippen LogP) is 5.70. The molecule has 0 unspecified atom stereocenters. The lowest BCUT2D eigenvalue weighted by Gasteiger charge is -2.07. The molecular weight excluding hydrogens is 394 g/mol. The standard InChI is InChI=1S/C25H19NO3S/c27-24(18-7-3-1-4-8-18)23-16-15-22(30-23)17-26-25(28)19-11-13-21(14-12-19)29-20-9-5-2-6-10-20/h1-16H,17H2,(H,26,28). The molecule has 0 aliphatic rings. The third kappa shape index (κ3) is 4.82. The van der Waals surface area contributed by atoms with Gasteiger partial charge in [-0.15, -0.1) is 11.3 Å². The monoisotopic (exact) mass is 413 g/mol.